The number of ether oxygens (including phenoxy) is 2. The Morgan fingerprint density at radius 3 is 2.48 bits per heavy atom. The van der Waals surface area contributed by atoms with Crippen molar-refractivity contribution in [3.63, 3.8) is 0 Å². The van der Waals surface area contributed by atoms with Crippen molar-refractivity contribution in [2.24, 2.45) is 0 Å². The molecule has 31 heavy (non-hydrogen) atoms. The van der Waals surface area contributed by atoms with Gasteiger partial charge in [0.25, 0.3) is 5.91 Å². The summed E-state index contributed by atoms with van der Waals surface area (Å²) >= 11 is 0. The molecule has 1 N–H and O–H groups in total. The zero-order valence-corrected chi connectivity index (χ0v) is 18.9. The summed E-state index contributed by atoms with van der Waals surface area (Å²) in [6.45, 7) is 7.41. The highest BCUT2D eigenvalue weighted by Gasteiger charge is 2.35. The predicted octanol–water partition coefficient (Wildman–Crippen LogP) is 5.10. The van der Waals surface area contributed by atoms with E-state index in [0.29, 0.717) is 12.0 Å². The number of hydrogen-bond donors (Lipinski definition) is 1. The van der Waals surface area contributed by atoms with E-state index >= 15 is 0 Å². The van der Waals surface area contributed by atoms with Gasteiger partial charge in [-0.25, -0.2) is 0 Å². The monoisotopic (exact) mass is 422 g/mol. The van der Waals surface area contributed by atoms with Gasteiger partial charge in [-0.2, -0.15) is 0 Å². The lowest BCUT2D eigenvalue weighted by Gasteiger charge is -2.38. The van der Waals surface area contributed by atoms with Crippen LogP contribution in [0.15, 0.2) is 42.5 Å². The Labute approximate surface area is 185 Å². The van der Waals surface area contributed by atoms with E-state index in [1.54, 1.807) is 7.11 Å². The van der Waals surface area contributed by atoms with Gasteiger partial charge in [-0.1, -0.05) is 25.0 Å². The molecule has 0 bridgehead atoms. The van der Waals surface area contributed by atoms with Gasteiger partial charge in [0, 0.05) is 24.1 Å². The molecule has 0 aliphatic carbocycles. The zero-order valence-electron chi connectivity index (χ0n) is 18.9. The summed E-state index contributed by atoms with van der Waals surface area (Å²) in [6, 6.07) is 13.7. The molecule has 2 aromatic rings. The number of amides is 1. The largest absolute Gasteiger partial charge is 0.497 e. The Morgan fingerprint density at radius 2 is 1.81 bits per heavy atom. The fourth-order valence-electron chi connectivity index (χ4n) is 4.64. The second-order valence-electron chi connectivity index (χ2n) is 9.38. The molecule has 5 nitrogen and oxygen atoms in total. The highest BCUT2D eigenvalue weighted by Crippen LogP contribution is 2.41. The molecule has 2 aliphatic rings. The summed E-state index contributed by atoms with van der Waals surface area (Å²) in [7, 11) is 1.65. The number of rotatable bonds is 5. The first-order valence-corrected chi connectivity index (χ1v) is 11.4. The molecule has 0 radical (unpaired) electrons. The van der Waals surface area contributed by atoms with Gasteiger partial charge in [0.2, 0.25) is 0 Å². The van der Waals surface area contributed by atoms with Gasteiger partial charge in [-0.05, 0) is 75.7 Å². The third-order valence-corrected chi connectivity index (χ3v) is 6.30. The molecule has 2 heterocycles. The van der Waals surface area contributed by atoms with Crippen molar-refractivity contribution in [1.29, 1.82) is 0 Å². The number of hydrogen-bond acceptors (Lipinski definition) is 4. The van der Waals surface area contributed by atoms with Crippen LogP contribution in [0.5, 0.6) is 11.5 Å². The molecule has 0 unspecified atom stereocenters. The van der Waals surface area contributed by atoms with E-state index in [2.05, 4.69) is 36.2 Å². The Hall–Kier alpha value is -2.53. The van der Waals surface area contributed by atoms with Crippen molar-refractivity contribution in [3.05, 3.63) is 59.2 Å². The summed E-state index contributed by atoms with van der Waals surface area (Å²) in [4.78, 5) is 15.6. The number of nitrogens with one attached hydrogen (secondary N) is 1. The van der Waals surface area contributed by atoms with Crippen molar-refractivity contribution in [1.82, 2.24) is 10.2 Å². The summed E-state index contributed by atoms with van der Waals surface area (Å²) in [5, 5.41) is 3.22. The third kappa shape index (κ3) is 5.40. The normalized spacial score (nSPS) is 20.8. The molecule has 1 fully saturated rings. The molecular weight excluding hydrogens is 388 g/mol. The Bertz CT molecular complexity index is 899. The number of carbonyl (C=O) groups excluding carboxylic acids is 1. The highest BCUT2D eigenvalue weighted by atomic mass is 16.5. The second-order valence-corrected chi connectivity index (χ2v) is 9.38. The van der Waals surface area contributed by atoms with Crippen LogP contribution >= 0.6 is 0 Å². The SMILES string of the molecule is COc1ccc2c(c1)[C@H](NC(=O)c1ccc(CN3CCCCCC3)cc1)CC(C)(C)O2. The minimum absolute atomic E-state index is 0.0576. The quantitative estimate of drug-likeness (QED) is 0.728. The van der Waals surface area contributed by atoms with Crippen LogP contribution in [0.1, 0.15) is 73.5 Å². The first-order valence-electron chi connectivity index (χ1n) is 11.4. The van der Waals surface area contributed by atoms with E-state index in [0.717, 1.165) is 23.6 Å². The van der Waals surface area contributed by atoms with Crippen LogP contribution in [0.3, 0.4) is 0 Å². The molecule has 1 amide bonds. The average Bonchev–Trinajstić information content (AvgIpc) is 3.02. The van der Waals surface area contributed by atoms with Gasteiger partial charge >= 0.3 is 0 Å². The summed E-state index contributed by atoms with van der Waals surface area (Å²) in [6.07, 6.45) is 5.95. The maximum absolute atomic E-state index is 13.0. The standard InChI is InChI=1S/C26H34N2O3/c1-26(2)17-23(22-16-21(30-3)12-13-24(22)31-26)27-25(29)20-10-8-19(9-11-20)18-28-14-6-4-5-7-15-28/h8-13,16,23H,4-7,14-15,17-18H2,1-3H3,(H,27,29)/t23-/m1/s1. The van der Waals surface area contributed by atoms with Crippen LogP contribution in [0.2, 0.25) is 0 Å². The van der Waals surface area contributed by atoms with Crippen molar-refractivity contribution in [2.75, 3.05) is 20.2 Å². The maximum atomic E-state index is 13.0. The molecule has 166 valence electrons. The zero-order chi connectivity index (χ0) is 21.8. The van der Waals surface area contributed by atoms with Crippen molar-refractivity contribution < 1.29 is 14.3 Å². The summed E-state index contributed by atoms with van der Waals surface area (Å²) in [5.74, 6) is 1.51. The van der Waals surface area contributed by atoms with Crippen LogP contribution in [0.4, 0.5) is 0 Å². The first-order chi connectivity index (χ1) is 14.9. The molecule has 0 saturated carbocycles. The molecule has 2 aliphatic heterocycles. The molecule has 1 saturated heterocycles. The lowest BCUT2D eigenvalue weighted by molar-refractivity contribution is 0.0618. The molecular formula is C26H34N2O3. The Balaban J connectivity index is 1.45. The minimum atomic E-state index is -0.351. The smallest absolute Gasteiger partial charge is 0.251 e. The third-order valence-electron chi connectivity index (χ3n) is 6.30. The van der Waals surface area contributed by atoms with E-state index in [9.17, 15) is 4.79 Å². The first kappa shape index (κ1) is 21.7. The number of fused-ring (bicyclic) bond motifs is 1. The number of likely N-dealkylation sites (tertiary alicyclic amines) is 1. The topological polar surface area (TPSA) is 50.8 Å². The molecule has 0 spiro atoms. The lowest BCUT2D eigenvalue weighted by atomic mass is 9.89. The minimum Gasteiger partial charge on any atom is -0.497 e. The second kappa shape index (κ2) is 9.31. The van der Waals surface area contributed by atoms with Crippen molar-refractivity contribution >= 4 is 5.91 Å². The predicted molar refractivity (Wildman–Crippen MR) is 123 cm³/mol. The van der Waals surface area contributed by atoms with Crippen LogP contribution in [-0.2, 0) is 6.54 Å². The van der Waals surface area contributed by atoms with Gasteiger partial charge in [-0.3, -0.25) is 9.69 Å². The fourth-order valence-corrected chi connectivity index (χ4v) is 4.64. The fraction of sp³-hybridized carbons (Fsp3) is 0.500. The van der Waals surface area contributed by atoms with E-state index in [-0.39, 0.29) is 17.6 Å². The van der Waals surface area contributed by atoms with Crippen molar-refractivity contribution in [2.45, 2.75) is 64.1 Å². The number of benzene rings is 2. The molecule has 5 heteroatoms. The van der Waals surface area contributed by atoms with E-state index < -0.39 is 0 Å². The Kier molecular flexibility index (Phi) is 6.51. The number of methoxy groups -OCH3 is 1. The van der Waals surface area contributed by atoms with Crippen LogP contribution in [0.25, 0.3) is 0 Å². The maximum Gasteiger partial charge on any atom is 0.251 e. The van der Waals surface area contributed by atoms with Crippen molar-refractivity contribution in [3.8, 4) is 11.5 Å². The number of carbonyl (C=O) groups is 1. The van der Waals surface area contributed by atoms with Gasteiger partial charge in [0.1, 0.15) is 17.1 Å². The molecule has 1 atom stereocenters. The lowest BCUT2D eigenvalue weighted by Crippen LogP contribution is -2.41. The van der Waals surface area contributed by atoms with Gasteiger partial charge in [-0.15, -0.1) is 0 Å². The van der Waals surface area contributed by atoms with Gasteiger partial charge < -0.3 is 14.8 Å². The van der Waals surface area contributed by atoms with Crippen LogP contribution in [0, 0.1) is 0 Å². The molecule has 4 rings (SSSR count). The highest BCUT2D eigenvalue weighted by molar-refractivity contribution is 5.94. The van der Waals surface area contributed by atoms with Gasteiger partial charge in [0.15, 0.2) is 0 Å². The van der Waals surface area contributed by atoms with Crippen LogP contribution in [-0.4, -0.2) is 36.6 Å². The number of nitrogens with zero attached hydrogens (tertiary/aromatic N) is 1. The average molecular weight is 423 g/mol. The van der Waals surface area contributed by atoms with Crippen LogP contribution < -0.4 is 14.8 Å². The Morgan fingerprint density at radius 1 is 1.10 bits per heavy atom. The molecule has 0 aromatic heterocycles. The van der Waals surface area contributed by atoms with E-state index in [1.165, 1.54) is 44.3 Å². The molecule has 2 aromatic carbocycles. The summed E-state index contributed by atoms with van der Waals surface area (Å²) < 4.78 is 11.5. The van der Waals surface area contributed by atoms with E-state index in [4.69, 9.17) is 9.47 Å². The van der Waals surface area contributed by atoms with E-state index in [1.807, 2.05) is 30.3 Å². The summed E-state index contributed by atoms with van der Waals surface area (Å²) in [5.41, 5.74) is 2.57. The van der Waals surface area contributed by atoms with Gasteiger partial charge in [0.05, 0.1) is 13.2 Å².